The molecule has 1 aliphatic rings. The van der Waals surface area contributed by atoms with Gasteiger partial charge < -0.3 is 10.5 Å². The second-order valence-electron chi connectivity index (χ2n) is 4.64. The second kappa shape index (κ2) is 5.93. The molecule has 0 aromatic carbocycles. The highest BCUT2D eigenvalue weighted by Crippen LogP contribution is 2.16. The molecule has 1 aromatic heterocycles. The summed E-state index contributed by atoms with van der Waals surface area (Å²) in [5.41, 5.74) is 7.18. The first-order valence-electron chi connectivity index (χ1n) is 6.24. The van der Waals surface area contributed by atoms with Crippen molar-refractivity contribution in [3.05, 3.63) is 29.6 Å². The molecular weight excluding hydrogens is 228 g/mol. The first-order valence-corrected chi connectivity index (χ1v) is 6.24. The van der Waals surface area contributed by atoms with E-state index in [1.807, 2.05) is 12.1 Å². The van der Waals surface area contributed by atoms with Gasteiger partial charge in [-0.2, -0.15) is 0 Å². The van der Waals surface area contributed by atoms with E-state index in [1.165, 1.54) is 0 Å². The minimum absolute atomic E-state index is 0.0392. The molecule has 18 heavy (non-hydrogen) atoms. The number of nitrogen functional groups attached to an aromatic ring is 1. The zero-order chi connectivity index (χ0) is 13.0. The first-order chi connectivity index (χ1) is 8.70. The molecule has 1 aromatic rings. The number of pyridine rings is 1. The van der Waals surface area contributed by atoms with Gasteiger partial charge >= 0.3 is 0 Å². The maximum atomic E-state index is 7.53. The van der Waals surface area contributed by atoms with Gasteiger partial charge in [0.1, 0.15) is 11.5 Å². The van der Waals surface area contributed by atoms with Crippen molar-refractivity contribution in [1.82, 2.24) is 9.88 Å². The Kier molecular flexibility index (Phi) is 4.28. The van der Waals surface area contributed by atoms with Gasteiger partial charge in [-0.15, -0.1) is 0 Å². The molecule has 0 bridgehead atoms. The number of nitrogens with two attached hydrogens (primary N) is 1. The average Bonchev–Trinajstić information content (AvgIpc) is 2.40. The topological polar surface area (TPSA) is 75.2 Å². The molecular formula is C13H20N4O. The Hall–Kier alpha value is -1.46. The Labute approximate surface area is 107 Å². The van der Waals surface area contributed by atoms with Crippen LogP contribution in [0.5, 0.6) is 0 Å². The van der Waals surface area contributed by atoms with Crippen molar-refractivity contribution in [3.8, 4) is 0 Å². The van der Waals surface area contributed by atoms with E-state index in [4.69, 9.17) is 15.9 Å². The zero-order valence-corrected chi connectivity index (χ0v) is 10.7. The Balaban J connectivity index is 2.00. The number of likely N-dealkylation sites (tertiary alicyclic amines) is 1. The number of hydrogen-bond donors (Lipinski definition) is 2. The van der Waals surface area contributed by atoms with Crippen LogP contribution in [0.3, 0.4) is 0 Å². The number of nitrogens with zero attached hydrogens (tertiary/aromatic N) is 2. The molecule has 98 valence electrons. The van der Waals surface area contributed by atoms with E-state index >= 15 is 0 Å². The quantitative estimate of drug-likeness (QED) is 0.615. The van der Waals surface area contributed by atoms with Gasteiger partial charge in [-0.1, -0.05) is 6.07 Å². The van der Waals surface area contributed by atoms with E-state index in [0.717, 1.165) is 38.0 Å². The van der Waals surface area contributed by atoms with Gasteiger partial charge in [0.2, 0.25) is 0 Å². The lowest BCUT2D eigenvalue weighted by atomic mass is 10.1. The van der Waals surface area contributed by atoms with Gasteiger partial charge in [0.25, 0.3) is 0 Å². The Morgan fingerprint density at radius 3 is 2.89 bits per heavy atom. The van der Waals surface area contributed by atoms with E-state index in [-0.39, 0.29) is 5.84 Å². The summed E-state index contributed by atoms with van der Waals surface area (Å²) >= 11 is 0. The van der Waals surface area contributed by atoms with Crippen molar-refractivity contribution in [2.45, 2.75) is 25.5 Å². The summed E-state index contributed by atoms with van der Waals surface area (Å²) in [5.74, 6) is 0.0392. The third kappa shape index (κ3) is 3.05. The van der Waals surface area contributed by atoms with Crippen LogP contribution in [0.15, 0.2) is 18.3 Å². The SMILES string of the molecule is COC1CCN(Cc2cccnc2C(=N)N)CC1. The molecule has 0 spiro atoms. The van der Waals surface area contributed by atoms with Gasteiger partial charge in [-0.25, -0.2) is 0 Å². The largest absolute Gasteiger partial charge is 0.382 e. The third-order valence-electron chi connectivity index (χ3n) is 3.41. The van der Waals surface area contributed by atoms with Gasteiger partial charge in [0, 0.05) is 32.9 Å². The molecule has 0 unspecified atom stereocenters. The summed E-state index contributed by atoms with van der Waals surface area (Å²) in [6.45, 7) is 2.84. The number of ether oxygens (including phenoxy) is 1. The molecule has 1 aliphatic heterocycles. The summed E-state index contributed by atoms with van der Waals surface area (Å²) in [5, 5.41) is 7.53. The number of piperidine rings is 1. The molecule has 0 amide bonds. The predicted molar refractivity (Wildman–Crippen MR) is 70.6 cm³/mol. The molecule has 0 aliphatic carbocycles. The Morgan fingerprint density at radius 2 is 2.28 bits per heavy atom. The van der Waals surface area contributed by atoms with Crippen LogP contribution in [-0.2, 0) is 11.3 Å². The molecule has 0 saturated carbocycles. The maximum Gasteiger partial charge on any atom is 0.142 e. The number of nitrogens with one attached hydrogen (secondary N) is 1. The monoisotopic (exact) mass is 248 g/mol. The van der Waals surface area contributed by atoms with E-state index in [2.05, 4.69) is 9.88 Å². The second-order valence-corrected chi connectivity index (χ2v) is 4.64. The van der Waals surface area contributed by atoms with E-state index in [0.29, 0.717) is 11.8 Å². The van der Waals surface area contributed by atoms with Crippen LogP contribution < -0.4 is 5.73 Å². The third-order valence-corrected chi connectivity index (χ3v) is 3.41. The fourth-order valence-electron chi connectivity index (χ4n) is 2.35. The Morgan fingerprint density at radius 1 is 1.56 bits per heavy atom. The van der Waals surface area contributed by atoms with Crippen molar-refractivity contribution in [1.29, 1.82) is 5.41 Å². The number of hydrogen-bond acceptors (Lipinski definition) is 4. The summed E-state index contributed by atoms with van der Waals surface area (Å²) in [4.78, 5) is 6.53. The average molecular weight is 248 g/mol. The van der Waals surface area contributed by atoms with Crippen molar-refractivity contribution >= 4 is 5.84 Å². The van der Waals surface area contributed by atoms with Gasteiger partial charge in [0.05, 0.1) is 6.10 Å². The van der Waals surface area contributed by atoms with Gasteiger partial charge in [-0.3, -0.25) is 15.3 Å². The van der Waals surface area contributed by atoms with Gasteiger partial charge in [0.15, 0.2) is 0 Å². The lowest BCUT2D eigenvalue weighted by Crippen LogP contribution is -2.36. The predicted octanol–water partition coefficient (Wildman–Crippen LogP) is 0.976. The lowest BCUT2D eigenvalue weighted by Gasteiger charge is -2.31. The zero-order valence-electron chi connectivity index (χ0n) is 10.7. The number of methoxy groups -OCH3 is 1. The molecule has 3 N–H and O–H groups in total. The minimum Gasteiger partial charge on any atom is -0.382 e. The van der Waals surface area contributed by atoms with E-state index in [9.17, 15) is 0 Å². The van der Waals surface area contributed by atoms with E-state index < -0.39 is 0 Å². The molecule has 1 fully saturated rings. The number of aromatic nitrogens is 1. The molecule has 0 radical (unpaired) electrons. The van der Waals surface area contributed by atoms with Crippen LogP contribution in [0.2, 0.25) is 0 Å². The van der Waals surface area contributed by atoms with Crippen molar-refractivity contribution < 1.29 is 4.74 Å². The first kappa shape index (κ1) is 13.0. The molecule has 5 nitrogen and oxygen atoms in total. The van der Waals surface area contributed by atoms with E-state index in [1.54, 1.807) is 13.3 Å². The fraction of sp³-hybridized carbons (Fsp3) is 0.538. The standard InChI is InChI=1S/C13H20N4O/c1-18-11-4-7-17(8-5-11)9-10-3-2-6-16-12(10)13(14)15/h2-3,6,11H,4-5,7-9H2,1H3,(H3,14,15). The fourth-order valence-corrected chi connectivity index (χ4v) is 2.35. The van der Waals surface area contributed by atoms with Crippen molar-refractivity contribution in [2.24, 2.45) is 5.73 Å². The molecule has 5 heteroatoms. The van der Waals surface area contributed by atoms with Crippen molar-refractivity contribution in [3.63, 3.8) is 0 Å². The Bertz CT molecular complexity index is 413. The summed E-state index contributed by atoms with van der Waals surface area (Å²) in [7, 11) is 1.77. The maximum absolute atomic E-state index is 7.53. The highest BCUT2D eigenvalue weighted by Gasteiger charge is 2.19. The number of amidine groups is 1. The highest BCUT2D eigenvalue weighted by molar-refractivity contribution is 5.94. The van der Waals surface area contributed by atoms with Crippen LogP contribution in [-0.4, -0.2) is 42.0 Å². The molecule has 2 rings (SSSR count). The van der Waals surface area contributed by atoms with Crippen molar-refractivity contribution in [2.75, 3.05) is 20.2 Å². The molecule has 0 atom stereocenters. The molecule has 2 heterocycles. The molecule has 1 saturated heterocycles. The lowest BCUT2D eigenvalue weighted by molar-refractivity contribution is 0.0388. The summed E-state index contributed by atoms with van der Waals surface area (Å²) < 4.78 is 5.36. The van der Waals surface area contributed by atoms with Crippen LogP contribution in [0.1, 0.15) is 24.1 Å². The highest BCUT2D eigenvalue weighted by atomic mass is 16.5. The summed E-state index contributed by atoms with van der Waals surface area (Å²) in [6.07, 6.45) is 4.19. The van der Waals surface area contributed by atoms with Crippen LogP contribution in [0, 0.1) is 5.41 Å². The number of rotatable bonds is 4. The summed E-state index contributed by atoms with van der Waals surface area (Å²) in [6, 6.07) is 3.88. The van der Waals surface area contributed by atoms with Crippen LogP contribution in [0.4, 0.5) is 0 Å². The minimum atomic E-state index is 0.0392. The smallest absolute Gasteiger partial charge is 0.142 e. The normalized spacial score (nSPS) is 17.8. The van der Waals surface area contributed by atoms with Gasteiger partial charge in [-0.05, 0) is 24.5 Å². The van der Waals surface area contributed by atoms with Crippen LogP contribution >= 0.6 is 0 Å². The van der Waals surface area contributed by atoms with Crippen LogP contribution in [0.25, 0.3) is 0 Å².